The van der Waals surface area contributed by atoms with Crippen LogP contribution in [0.4, 0.5) is 4.39 Å². The van der Waals surface area contributed by atoms with Gasteiger partial charge in [-0.05, 0) is 61.2 Å². The van der Waals surface area contributed by atoms with Crippen LogP contribution in [-0.2, 0) is 34.2 Å². The van der Waals surface area contributed by atoms with Crippen LogP contribution in [0.3, 0.4) is 0 Å². The van der Waals surface area contributed by atoms with E-state index in [9.17, 15) is 17.6 Å². The molecule has 1 atom stereocenters. The molecule has 3 aromatic rings. The first-order valence-electron chi connectivity index (χ1n) is 9.30. The van der Waals surface area contributed by atoms with Crippen molar-refractivity contribution in [1.29, 1.82) is 0 Å². The molecule has 0 spiro atoms. The average Bonchev–Trinajstić information content (AvgIpc) is 2.99. The van der Waals surface area contributed by atoms with Gasteiger partial charge in [0.15, 0.2) is 0 Å². The van der Waals surface area contributed by atoms with Crippen LogP contribution in [0.1, 0.15) is 24.1 Å². The minimum Gasteiger partial charge on any atom is -0.481 e. The molecule has 0 aliphatic heterocycles. The zero-order chi connectivity index (χ0) is 20.6. The third-order valence-corrected chi connectivity index (χ3v) is 6.75. The Labute approximate surface area is 167 Å². The molecule has 0 bridgehead atoms. The Morgan fingerprint density at radius 2 is 2.03 bits per heavy atom. The number of pyridine rings is 1. The molecule has 29 heavy (non-hydrogen) atoms. The number of aliphatic carboxylic acids is 1. The number of nitrogens with zero attached hydrogens (tertiary/aromatic N) is 2. The first kappa shape index (κ1) is 19.5. The van der Waals surface area contributed by atoms with Crippen molar-refractivity contribution in [2.75, 3.05) is 0 Å². The summed E-state index contributed by atoms with van der Waals surface area (Å²) in [4.78, 5) is 15.5. The largest absolute Gasteiger partial charge is 0.481 e. The summed E-state index contributed by atoms with van der Waals surface area (Å²) in [7, 11) is -3.76. The number of hydrogen-bond donors (Lipinski definition) is 2. The maximum atomic E-state index is 13.1. The van der Waals surface area contributed by atoms with Gasteiger partial charge in [-0.2, -0.15) is 0 Å². The summed E-state index contributed by atoms with van der Waals surface area (Å²) in [6.45, 7) is 0.324. The number of hydrogen-bond acceptors (Lipinski definition) is 4. The van der Waals surface area contributed by atoms with Crippen LogP contribution < -0.4 is 4.72 Å². The molecule has 0 saturated heterocycles. The predicted molar refractivity (Wildman–Crippen MR) is 105 cm³/mol. The number of benzene rings is 1. The van der Waals surface area contributed by atoms with Gasteiger partial charge in [0.05, 0.1) is 11.3 Å². The second kappa shape index (κ2) is 7.57. The van der Waals surface area contributed by atoms with Crippen molar-refractivity contribution in [1.82, 2.24) is 14.3 Å². The molecule has 1 aliphatic rings. The number of rotatable bonds is 6. The average molecular weight is 417 g/mol. The van der Waals surface area contributed by atoms with Gasteiger partial charge in [-0.3, -0.25) is 4.79 Å². The van der Waals surface area contributed by atoms with Crippen LogP contribution in [0.5, 0.6) is 0 Å². The van der Waals surface area contributed by atoms with E-state index >= 15 is 0 Å². The molecule has 2 heterocycles. The molecule has 0 amide bonds. The number of nitrogens with one attached hydrogen (secondary N) is 1. The number of sulfonamides is 1. The standard InChI is InChI=1S/C20H20FN3O4S/c21-13-3-6-15(7-4-13)29(27,28)23-14-5-8-18-17(12-14)16-2-1-10-22-20(16)24(18)11-9-19(25)26/h1-4,6-7,10,14,23H,5,8-9,11-12H2,(H,25,26). The van der Waals surface area contributed by atoms with Crippen molar-refractivity contribution in [2.24, 2.45) is 0 Å². The normalized spacial score (nSPS) is 16.7. The number of carboxylic acids is 1. The lowest BCUT2D eigenvalue weighted by atomic mass is 9.92. The van der Waals surface area contributed by atoms with Gasteiger partial charge in [-0.15, -0.1) is 0 Å². The Morgan fingerprint density at radius 3 is 2.76 bits per heavy atom. The van der Waals surface area contributed by atoms with E-state index in [1.54, 1.807) is 6.20 Å². The maximum Gasteiger partial charge on any atom is 0.305 e. The summed E-state index contributed by atoms with van der Waals surface area (Å²) in [6, 6.07) is 8.16. The van der Waals surface area contributed by atoms with Gasteiger partial charge < -0.3 is 9.67 Å². The second-order valence-electron chi connectivity index (χ2n) is 7.11. The fourth-order valence-electron chi connectivity index (χ4n) is 3.92. The number of carbonyl (C=O) groups is 1. The van der Waals surface area contributed by atoms with Crippen LogP contribution in [0.15, 0.2) is 47.5 Å². The molecule has 9 heteroatoms. The zero-order valence-corrected chi connectivity index (χ0v) is 16.3. The van der Waals surface area contributed by atoms with Gasteiger partial charge in [-0.1, -0.05) is 0 Å². The molecule has 7 nitrogen and oxygen atoms in total. The first-order chi connectivity index (χ1) is 13.8. The summed E-state index contributed by atoms with van der Waals surface area (Å²) in [6.07, 6.45) is 3.34. The van der Waals surface area contributed by atoms with E-state index in [2.05, 4.69) is 9.71 Å². The first-order valence-corrected chi connectivity index (χ1v) is 10.8. The number of fused-ring (bicyclic) bond motifs is 3. The molecule has 2 N–H and O–H groups in total. The van der Waals surface area contributed by atoms with E-state index in [-0.39, 0.29) is 17.4 Å². The molecule has 1 aromatic carbocycles. The third-order valence-electron chi connectivity index (χ3n) is 5.22. The van der Waals surface area contributed by atoms with Gasteiger partial charge >= 0.3 is 5.97 Å². The van der Waals surface area contributed by atoms with Crippen LogP contribution in [0.25, 0.3) is 11.0 Å². The zero-order valence-electron chi connectivity index (χ0n) is 15.5. The van der Waals surface area contributed by atoms with Gasteiger partial charge in [-0.25, -0.2) is 22.5 Å². The van der Waals surface area contributed by atoms with E-state index in [4.69, 9.17) is 5.11 Å². The van der Waals surface area contributed by atoms with Crippen molar-refractivity contribution >= 4 is 27.0 Å². The minimum absolute atomic E-state index is 0.00653. The Morgan fingerprint density at radius 1 is 1.28 bits per heavy atom. The second-order valence-corrected chi connectivity index (χ2v) is 8.82. The molecular weight excluding hydrogens is 397 g/mol. The quantitative estimate of drug-likeness (QED) is 0.642. The summed E-state index contributed by atoms with van der Waals surface area (Å²) < 4.78 is 43.1. The molecule has 4 rings (SSSR count). The number of aromatic nitrogens is 2. The molecule has 152 valence electrons. The Balaban J connectivity index is 1.62. The smallest absolute Gasteiger partial charge is 0.305 e. The van der Waals surface area contributed by atoms with Crippen molar-refractivity contribution < 1.29 is 22.7 Å². The Hall–Kier alpha value is -2.78. The van der Waals surface area contributed by atoms with Crippen LogP contribution in [-0.4, -0.2) is 35.1 Å². The topological polar surface area (TPSA) is 101 Å². The fourth-order valence-corrected chi connectivity index (χ4v) is 5.19. The SMILES string of the molecule is O=C(O)CCn1c2c(c3cccnc31)CC(NS(=O)(=O)c1ccc(F)cc1)CC2. The maximum absolute atomic E-state index is 13.1. The monoisotopic (exact) mass is 417 g/mol. The lowest BCUT2D eigenvalue weighted by Gasteiger charge is -2.25. The van der Waals surface area contributed by atoms with E-state index in [1.165, 1.54) is 12.1 Å². The summed E-state index contributed by atoms with van der Waals surface area (Å²) in [5, 5.41) is 9.96. The van der Waals surface area contributed by atoms with Crippen LogP contribution >= 0.6 is 0 Å². The summed E-state index contributed by atoms with van der Waals surface area (Å²) in [5.74, 6) is -1.37. The van der Waals surface area contributed by atoms with Crippen LogP contribution in [0.2, 0.25) is 0 Å². The molecule has 0 saturated carbocycles. The fraction of sp³-hybridized carbons (Fsp3) is 0.300. The highest BCUT2D eigenvalue weighted by Crippen LogP contribution is 2.32. The van der Waals surface area contributed by atoms with E-state index in [0.29, 0.717) is 25.8 Å². The lowest BCUT2D eigenvalue weighted by Crippen LogP contribution is -2.39. The number of carboxylic acid groups (broad SMARTS) is 1. The number of halogens is 1. The molecule has 2 aromatic heterocycles. The van der Waals surface area contributed by atoms with Crippen molar-refractivity contribution in [2.45, 2.75) is 43.2 Å². The van der Waals surface area contributed by atoms with Crippen molar-refractivity contribution in [3.05, 3.63) is 59.7 Å². The van der Waals surface area contributed by atoms with Crippen molar-refractivity contribution in [3.63, 3.8) is 0 Å². The minimum atomic E-state index is -3.76. The highest BCUT2D eigenvalue weighted by atomic mass is 32.2. The van der Waals surface area contributed by atoms with Gasteiger partial charge in [0.25, 0.3) is 0 Å². The van der Waals surface area contributed by atoms with Gasteiger partial charge in [0.1, 0.15) is 11.5 Å². The molecule has 0 fully saturated rings. The van der Waals surface area contributed by atoms with Gasteiger partial charge in [0, 0.05) is 29.9 Å². The highest BCUT2D eigenvalue weighted by molar-refractivity contribution is 7.89. The van der Waals surface area contributed by atoms with E-state index in [1.807, 2.05) is 16.7 Å². The van der Waals surface area contributed by atoms with E-state index in [0.717, 1.165) is 34.4 Å². The Kier molecular flexibility index (Phi) is 5.10. The van der Waals surface area contributed by atoms with Crippen molar-refractivity contribution in [3.8, 4) is 0 Å². The molecule has 0 radical (unpaired) electrons. The van der Waals surface area contributed by atoms with Gasteiger partial charge in [0.2, 0.25) is 10.0 Å². The highest BCUT2D eigenvalue weighted by Gasteiger charge is 2.29. The molecule has 1 aliphatic carbocycles. The van der Waals surface area contributed by atoms with E-state index < -0.39 is 21.8 Å². The third kappa shape index (κ3) is 3.88. The summed E-state index contributed by atoms with van der Waals surface area (Å²) >= 11 is 0. The molecule has 1 unspecified atom stereocenters. The lowest BCUT2D eigenvalue weighted by molar-refractivity contribution is -0.137. The number of aryl methyl sites for hydroxylation is 1. The predicted octanol–water partition coefficient (Wildman–Crippen LogP) is 2.49. The van der Waals surface area contributed by atoms with Crippen LogP contribution in [0, 0.1) is 5.82 Å². The molecular formula is C20H20FN3O4S. The Bertz CT molecular complexity index is 1170. The summed E-state index contributed by atoms with van der Waals surface area (Å²) in [5.41, 5.74) is 2.73.